The van der Waals surface area contributed by atoms with Gasteiger partial charge in [-0.1, -0.05) is 29.3 Å². The van der Waals surface area contributed by atoms with E-state index in [9.17, 15) is 8.42 Å². The number of nitrogens with zero attached hydrogens (tertiary/aromatic N) is 1. The smallest absolute Gasteiger partial charge is 0.214 e. The third-order valence-corrected chi connectivity index (χ3v) is 6.25. The number of benzene rings is 1. The van der Waals surface area contributed by atoms with E-state index in [0.717, 1.165) is 25.2 Å². The molecule has 1 fully saturated rings. The topological polar surface area (TPSA) is 41.8 Å². The van der Waals surface area contributed by atoms with Gasteiger partial charge in [0.1, 0.15) is 6.54 Å². The summed E-state index contributed by atoms with van der Waals surface area (Å²) in [5.74, 6) is 0.176. The van der Waals surface area contributed by atoms with Crippen molar-refractivity contribution in [1.82, 2.24) is 4.31 Å². The molecule has 1 saturated heterocycles. The second-order valence-electron chi connectivity index (χ2n) is 4.97. The van der Waals surface area contributed by atoms with Crippen molar-refractivity contribution in [3.8, 4) is 0 Å². The standard InChI is InChI=1S/C13H18Cl2N2O2S/c1-2-20(18,19)17-7-5-16(6-8-17)10-11-3-4-12(14)13(15)9-11/h3-4,9H,2,5-8,10H2,1H3/p+1. The summed E-state index contributed by atoms with van der Waals surface area (Å²) in [6, 6.07) is 5.65. The maximum atomic E-state index is 11.8. The van der Waals surface area contributed by atoms with E-state index in [1.165, 1.54) is 4.90 Å². The molecule has 1 aromatic carbocycles. The van der Waals surface area contributed by atoms with Crippen LogP contribution in [0.25, 0.3) is 0 Å². The number of hydrogen-bond donors (Lipinski definition) is 1. The Hall–Kier alpha value is -0.330. The van der Waals surface area contributed by atoms with E-state index in [1.54, 1.807) is 17.3 Å². The first-order valence-corrected chi connectivity index (χ1v) is 9.04. The maximum Gasteiger partial charge on any atom is 0.214 e. The Bertz CT molecular complexity index is 570. The van der Waals surface area contributed by atoms with Gasteiger partial charge in [-0.05, 0) is 19.1 Å². The number of hydrogen-bond acceptors (Lipinski definition) is 2. The largest absolute Gasteiger partial charge is 0.329 e. The van der Waals surface area contributed by atoms with Gasteiger partial charge in [0.2, 0.25) is 10.0 Å². The summed E-state index contributed by atoms with van der Waals surface area (Å²) >= 11 is 11.9. The Morgan fingerprint density at radius 1 is 1.20 bits per heavy atom. The fraction of sp³-hybridized carbons (Fsp3) is 0.538. The van der Waals surface area contributed by atoms with Crippen LogP contribution in [0.15, 0.2) is 18.2 Å². The van der Waals surface area contributed by atoms with Crippen LogP contribution in [0.3, 0.4) is 0 Å². The minimum absolute atomic E-state index is 0.176. The van der Waals surface area contributed by atoms with Crippen LogP contribution in [-0.4, -0.2) is 44.7 Å². The van der Waals surface area contributed by atoms with Crippen LogP contribution in [-0.2, 0) is 16.6 Å². The van der Waals surface area contributed by atoms with Crippen molar-refractivity contribution >= 4 is 33.2 Å². The molecule has 1 heterocycles. The first-order valence-electron chi connectivity index (χ1n) is 6.67. The van der Waals surface area contributed by atoms with Gasteiger partial charge in [0.25, 0.3) is 0 Å². The molecule has 1 aliphatic rings. The Morgan fingerprint density at radius 3 is 2.40 bits per heavy atom. The fourth-order valence-electron chi connectivity index (χ4n) is 2.38. The van der Waals surface area contributed by atoms with E-state index in [4.69, 9.17) is 23.2 Å². The molecule has 0 amide bonds. The molecule has 0 radical (unpaired) electrons. The highest BCUT2D eigenvalue weighted by Gasteiger charge is 2.27. The third-order valence-electron chi connectivity index (χ3n) is 3.63. The van der Waals surface area contributed by atoms with Gasteiger partial charge in [0, 0.05) is 5.56 Å². The van der Waals surface area contributed by atoms with Crippen molar-refractivity contribution < 1.29 is 13.3 Å². The zero-order valence-electron chi connectivity index (χ0n) is 11.4. The second-order valence-corrected chi connectivity index (χ2v) is 8.05. The minimum Gasteiger partial charge on any atom is -0.329 e. The summed E-state index contributed by atoms with van der Waals surface area (Å²) in [7, 11) is -3.05. The molecule has 0 saturated carbocycles. The van der Waals surface area contributed by atoms with Crippen LogP contribution in [0, 0.1) is 0 Å². The van der Waals surface area contributed by atoms with Gasteiger partial charge >= 0.3 is 0 Å². The van der Waals surface area contributed by atoms with Gasteiger partial charge in [0.15, 0.2) is 0 Å². The summed E-state index contributed by atoms with van der Waals surface area (Å²) in [6.07, 6.45) is 0. The van der Waals surface area contributed by atoms with Gasteiger partial charge in [0.05, 0.1) is 42.0 Å². The molecule has 0 aliphatic carbocycles. The molecule has 7 heteroatoms. The van der Waals surface area contributed by atoms with Crippen LogP contribution in [0.1, 0.15) is 12.5 Å². The highest BCUT2D eigenvalue weighted by Crippen LogP contribution is 2.22. The summed E-state index contributed by atoms with van der Waals surface area (Å²) in [4.78, 5) is 1.37. The summed E-state index contributed by atoms with van der Waals surface area (Å²) in [5, 5.41) is 1.13. The quantitative estimate of drug-likeness (QED) is 0.892. The maximum absolute atomic E-state index is 11.8. The van der Waals surface area contributed by atoms with Gasteiger partial charge in [-0.25, -0.2) is 8.42 Å². The number of quaternary nitrogens is 1. The van der Waals surface area contributed by atoms with Crippen LogP contribution in [0.4, 0.5) is 0 Å². The summed E-state index contributed by atoms with van der Waals surface area (Å²) < 4.78 is 25.2. The lowest BCUT2D eigenvalue weighted by atomic mass is 10.2. The van der Waals surface area contributed by atoms with Crippen molar-refractivity contribution in [3.05, 3.63) is 33.8 Å². The van der Waals surface area contributed by atoms with Crippen LogP contribution >= 0.6 is 23.2 Å². The molecular formula is C13H19Cl2N2O2S+. The van der Waals surface area contributed by atoms with Gasteiger partial charge < -0.3 is 4.90 Å². The number of sulfonamides is 1. The SMILES string of the molecule is CCS(=O)(=O)N1CC[NH+](Cc2ccc(Cl)c(Cl)c2)CC1. The van der Waals surface area contributed by atoms with Crippen LogP contribution in [0.2, 0.25) is 10.0 Å². The number of rotatable bonds is 4. The van der Waals surface area contributed by atoms with E-state index in [1.807, 2.05) is 12.1 Å². The van der Waals surface area contributed by atoms with Crippen molar-refractivity contribution in [1.29, 1.82) is 0 Å². The predicted octanol–water partition coefficient (Wildman–Crippen LogP) is 1.04. The normalized spacial score (nSPS) is 18.4. The summed E-state index contributed by atoms with van der Waals surface area (Å²) in [5.41, 5.74) is 1.13. The van der Waals surface area contributed by atoms with Crippen molar-refractivity contribution in [2.24, 2.45) is 0 Å². The van der Waals surface area contributed by atoms with Gasteiger partial charge in [-0.2, -0.15) is 4.31 Å². The molecular weight excluding hydrogens is 319 g/mol. The van der Waals surface area contributed by atoms with E-state index in [2.05, 4.69) is 0 Å². The second kappa shape index (κ2) is 6.62. The average molecular weight is 338 g/mol. The Balaban J connectivity index is 1.93. The van der Waals surface area contributed by atoms with Crippen molar-refractivity contribution in [3.63, 3.8) is 0 Å². The molecule has 4 nitrogen and oxygen atoms in total. The lowest BCUT2D eigenvalue weighted by Gasteiger charge is -2.31. The molecule has 1 aliphatic heterocycles. The zero-order valence-corrected chi connectivity index (χ0v) is 13.7. The predicted molar refractivity (Wildman–Crippen MR) is 81.9 cm³/mol. The number of halogens is 2. The van der Waals surface area contributed by atoms with Crippen LogP contribution < -0.4 is 4.90 Å². The molecule has 1 aromatic rings. The lowest BCUT2D eigenvalue weighted by Crippen LogP contribution is -3.13. The van der Waals surface area contributed by atoms with E-state index >= 15 is 0 Å². The molecule has 0 spiro atoms. The Kier molecular flexibility index (Phi) is 5.31. The lowest BCUT2D eigenvalue weighted by molar-refractivity contribution is -0.917. The highest BCUT2D eigenvalue weighted by molar-refractivity contribution is 7.89. The molecule has 2 rings (SSSR count). The van der Waals surface area contributed by atoms with Gasteiger partial charge in [-0.3, -0.25) is 0 Å². The Labute approximate surface area is 130 Å². The first kappa shape index (κ1) is 16.0. The van der Waals surface area contributed by atoms with E-state index < -0.39 is 10.0 Å². The number of nitrogens with one attached hydrogen (secondary N) is 1. The minimum atomic E-state index is -3.05. The first-order chi connectivity index (χ1) is 9.42. The molecule has 0 bridgehead atoms. The van der Waals surface area contributed by atoms with Crippen molar-refractivity contribution in [2.75, 3.05) is 31.9 Å². The Morgan fingerprint density at radius 2 is 1.85 bits per heavy atom. The monoisotopic (exact) mass is 337 g/mol. The average Bonchev–Trinajstić information content (AvgIpc) is 2.43. The van der Waals surface area contributed by atoms with E-state index in [0.29, 0.717) is 23.1 Å². The van der Waals surface area contributed by atoms with Gasteiger partial charge in [-0.15, -0.1) is 0 Å². The molecule has 112 valence electrons. The fourth-order valence-corrected chi connectivity index (χ4v) is 3.80. The molecule has 0 aromatic heterocycles. The molecule has 20 heavy (non-hydrogen) atoms. The molecule has 0 atom stereocenters. The third kappa shape index (κ3) is 3.86. The molecule has 0 unspecified atom stereocenters. The van der Waals surface area contributed by atoms with E-state index in [-0.39, 0.29) is 5.75 Å². The van der Waals surface area contributed by atoms with Crippen molar-refractivity contribution in [2.45, 2.75) is 13.5 Å². The zero-order chi connectivity index (χ0) is 14.8. The van der Waals surface area contributed by atoms with Crippen LogP contribution in [0.5, 0.6) is 0 Å². The highest BCUT2D eigenvalue weighted by atomic mass is 35.5. The summed E-state index contributed by atoms with van der Waals surface area (Å²) in [6.45, 7) is 5.35. The molecule has 1 N–H and O–H groups in total. The number of piperazine rings is 1.